The molecule has 0 spiro atoms. The number of hydrogen-bond donors (Lipinski definition) is 1. The Hall–Kier alpha value is -3.61. The molecule has 1 N–H and O–H groups in total. The van der Waals surface area contributed by atoms with E-state index in [0.29, 0.717) is 42.2 Å². The molecule has 1 amide bonds. The topological polar surface area (TPSA) is 78.5 Å². The minimum absolute atomic E-state index is 0.0564. The van der Waals surface area contributed by atoms with Crippen molar-refractivity contribution in [3.05, 3.63) is 75.7 Å². The van der Waals surface area contributed by atoms with Crippen molar-refractivity contribution in [3.8, 4) is 17.1 Å². The first-order valence-electron chi connectivity index (χ1n) is 9.79. The summed E-state index contributed by atoms with van der Waals surface area (Å²) in [4.78, 5) is 36.9. The largest absolute Gasteiger partial charge is 0.497 e. The first-order valence-corrected chi connectivity index (χ1v) is 9.79. The molecule has 0 fully saturated rings. The Bertz CT molecular complexity index is 1120. The molecular weight excluding hydrogens is 380 g/mol. The Morgan fingerprint density at radius 2 is 1.80 bits per heavy atom. The highest BCUT2D eigenvalue weighted by Gasteiger charge is 2.25. The van der Waals surface area contributed by atoms with Gasteiger partial charge in [-0.3, -0.25) is 9.59 Å². The van der Waals surface area contributed by atoms with Crippen molar-refractivity contribution in [1.29, 1.82) is 0 Å². The Kier molecular flexibility index (Phi) is 5.27. The van der Waals surface area contributed by atoms with Crippen LogP contribution in [0.3, 0.4) is 0 Å². The van der Waals surface area contributed by atoms with E-state index in [9.17, 15) is 9.59 Å². The number of nitrogens with zero attached hydrogens (tertiary/aromatic N) is 3. The molecular formula is C23H24N4O3. The highest BCUT2D eigenvalue weighted by molar-refractivity contribution is 5.94. The van der Waals surface area contributed by atoms with E-state index >= 15 is 0 Å². The maximum atomic E-state index is 13.0. The molecule has 3 aromatic rings. The molecule has 154 valence electrons. The summed E-state index contributed by atoms with van der Waals surface area (Å²) in [7, 11) is 5.53. The molecule has 1 aliphatic rings. The van der Waals surface area contributed by atoms with E-state index in [1.807, 2.05) is 67.5 Å². The summed E-state index contributed by atoms with van der Waals surface area (Å²) in [5.74, 6) is 1.17. The number of hydrogen-bond acceptors (Lipinski definition) is 5. The summed E-state index contributed by atoms with van der Waals surface area (Å²) >= 11 is 0. The molecule has 0 saturated carbocycles. The molecule has 4 rings (SSSR count). The second kappa shape index (κ2) is 8.02. The highest BCUT2D eigenvalue weighted by atomic mass is 16.5. The van der Waals surface area contributed by atoms with Gasteiger partial charge in [0.05, 0.1) is 19.3 Å². The van der Waals surface area contributed by atoms with E-state index in [2.05, 4.69) is 9.97 Å². The van der Waals surface area contributed by atoms with Crippen molar-refractivity contribution >= 4 is 11.6 Å². The van der Waals surface area contributed by atoms with Crippen LogP contribution in [0.15, 0.2) is 53.3 Å². The van der Waals surface area contributed by atoms with Crippen molar-refractivity contribution < 1.29 is 9.53 Å². The number of rotatable bonds is 4. The minimum atomic E-state index is -0.145. The number of aromatic nitrogens is 2. The molecule has 1 aliphatic heterocycles. The third-order valence-corrected chi connectivity index (χ3v) is 5.35. The van der Waals surface area contributed by atoms with E-state index in [1.54, 1.807) is 12.0 Å². The van der Waals surface area contributed by atoms with Crippen LogP contribution >= 0.6 is 0 Å². The molecule has 30 heavy (non-hydrogen) atoms. The maximum Gasteiger partial charge on any atom is 0.254 e. The highest BCUT2D eigenvalue weighted by Crippen LogP contribution is 2.22. The summed E-state index contributed by atoms with van der Waals surface area (Å²) in [6.45, 7) is 0.810. The quantitative estimate of drug-likeness (QED) is 0.723. The molecule has 2 heterocycles. The number of carbonyl (C=O) groups is 1. The molecule has 0 radical (unpaired) electrons. The fraction of sp³-hybridized carbons (Fsp3) is 0.261. The zero-order valence-electron chi connectivity index (χ0n) is 17.3. The van der Waals surface area contributed by atoms with Gasteiger partial charge in [0.15, 0.2) is 0 Å². The number of anilines is 1. The van der Waals surface area contributed by atoms with Crippen LogP contribution in [0.1, 0.15) is 21.6 Å². The molecule has 7 nitrogen and oxygen atoms in total. The lowest BCUT2D eigenvalue weighted by atomic mass is 10.0. The number of H-pyrrole nitrogens is 1. The fourth-order valence-electron chi connectivity index (χ4n) is 3.58. The molecule has 1 aromatic heterocycles. The fourth-order valence-corrected chi connectivity index (χ4v) is 3.58. The molecule has 0 aliphatic carbocycles. The first kappa shape index (κ1) is 19.7. The van der Waals surface area contributed by atoms with Crippen LogP contribution in [0.4, 0.5) is 5.69 Å². The predicted molar refractivity (Wildman–Crippen MR) is 116 cm³/mol. The Morgan fingerprint density at radius 1 is 1.10 bits per heavy atom. The lowest BCUT2D eigenvalue weighted by Gasteiger charge is -2.28. The second-order valence-corrected chi connectivity index (χ2v) is 7.49. The van der Waals surface area contributed by atoms with Gasteiger partial charge in [-0.15, -0.1) is 0 Å². The van der Waals surface area contributed by atoms with Gasteiger partial charge in [0.2, 0.25) is 0 Å². The zero-order chi connectivity index (χ0) is 21.3. The van der Waals surface area contributed by atoms with Crippen molar-refractivity contribution in [3.63, 3.8) is 0 Å². The number of amides is 1. The van der Waals surface area contributed by atoms with Crippen LogP contribution in [0, 0.1) is 0 Å². The van der Waals surface area contributed by atoms with Gasteiger partial charge in [-0.05, 0) is 55.0 Å². The third kappa shape index (κ3) is 3.78. The summed E-state index contributed by atoms with van der Waals surface area (Å²) in [6, 6.07) is 14.9. The van der Waals surface area contributed by atoms with Crippen LogP contribution < -0.4 is 15.2 Å². The van der Waals surface area contributed by atoms with E-state index in [-0.39, 0.29) is 11.5 Å². The molecule has 0 unspecified atom stereocenters. The summed E-state index contributed by atoms with van der Waals surface area (Å²) < 4.78 is 5.18. The van der Waals surface area contributed by atoms with Crippen LogP contribution in [-0.2, 0) is 13.0 Å². The Balaban J connectivity index is 1.59. The SMILES string of the molecule is COc1ccc(-c2nc3c(c(=O)[nH]2)CCN(C(=O)c2ccc(N(C)C)cc2)C3)cc1. The number of ether oxygens (including phenoxy) is 1. The number of methoxy groups -OCH3 is 1. The van der Waals surface area contributed by atoms with Gasteiger partial charge >= 0.3 is 0 Å². The molecule has 0 atom stereocenters. The molecule has 2 aromatic carbocycles. The average Bonchev–Trinajstić information content (AvgIpc) is 2.78. The smallest absolute Gasteiger partial charge is 0.254 e. The van der Waals surface area contributed by atoms with Gasteiger partial charge in [0.25, 0.3) is 11.5 Å². The van der Waals surface area contributed by atoms with Gasteiger partial charge < -0.3 is 19.5 Å². The molecule has 7 heteroatoms. The van der Waals surface area contributed by atoms with Gasteiger partial charge in [-0.2, -0.15) is 0 Å². The number of fused-ring (bicyclic) bond motifs is 1. The van der Waals surface area contributed by atoms with Crippen LogP contribution in [0.25, 0.3) is 11.4 Å². The first-order chi connectivity index (χ1) is 14.5. The van der Waals surface area contributed by atoms with E-state index in [0.717, 1.165) is 17.0 Å². The normalized spacial score (nSPS) is 13.0. The lowest BCUT2D eigenvalue weighted by molar-refractivity contribution is 0.0731. The second-order valence-electron chi connectivity index (χ2n) is 7.49. The zero-order valence-corrected chi connectivity index (χ0v) is 17.3. The number of carbonyl (C=O) groups excluding carboxylic acids is 1. The molecule has 0 saturated heterocycles. The van der Waals surface area contributed by atoms with Crippen molar-refractivity contribution in [2.45, 2.75) is 13.0 Å². The number of aromatic amines is 1. The van der Waals surface area contributed by atoms with Crippen molar-refractivity contribution in [1.82, 2.24) is 14.9 Å². The predicted octanol–water partition coefficient (Wildman–Crippen LogP) is 2.71. The van der Waals surface area contributed by atoms with Crippen molar-refractivity contribution in [2.75, 3.05) is 32.6 Å². The van der Waals surface area contributed by atoms with Crippen LogP contribution in [0.5, 0.6) is 5.75 Å². The van der Waals surface area contributed by atoms with Gasteiger partial charge in [0, 0.05) is 43.0 Å². The average molecular weight is 404 g/mol. The van der Waals surface area contributed by atoms with Gasteiger partial charge in [0.1, 0.15) is 11.6 Å². The van der Waals surface area contributed by atoms with E-state index < -0.39 is 0 Å². The van der Waals surface area contributed by atoms with Gasteiger partial charge in [-0.1, -0.05) is 0 Å². The summed E-state index contributed by atoms with van der Waals surface area (Å²) in [6.07, 6.45) is 0.488. The summed E-state index contributed by atoms with van der Waals surface area (Å²) in [5.41, 5.74) is 3.61. The minimum Gasteiger partial charge on any atom is -0.497 e. The Morgan fingerprint density at radius 3 is 2.43 bits per heavy atom. The van der Waals surface area contributed by atoms with Crippen molar-refractivity contribution in [2.24, 2.45) is 0 Å². The third-order valence-electron chi connectivity index (χ3n) is 5.35. The van der Waals surface area contributed by atoms with E-state index in [1.165, 1.54) is 0 Å². The lowest BCUT2D eigenvalue weighted by Crippen LogP contribution is -2.39. The summed E-state index contributed by atoms with van der Waals surface area (Å²) in [5, 5.41) is 0. The molecule has 0 bridgehead atoms. The number of benzene rings is 2. The number of nitrogens with one attached hydrogen (secondary N) is 1. The maximum absolute atomic E-state index is 13.0. The van der Waals surface area contributed by atoms with E-state index in [4.69, 9.17) is 4.74 Å². The monoisotopic (exact) mass is 404 g/mol. The van der Waals surface area contributed by atoms with Gasteiger partial charge in [-0.25, -0.2) is 4.98 Å². The Labute approximate surface area is 174 Å². The van der Waals surface area contributed by atoms with Crippen LogP contribution in [-0.4, -0.2) is 48.5 Å². The van der Waals surface area contributed by atoms with Crippen LogP contribution in [0.2, 0.25) is 0 Å². The standard InChI is InChI=1S/C23H24N4O3/c1-26(2)17-8-4-16(5-9-17)23(29)27-13-12-19-20(14-27)24-21(25-22(19)28)15-6-10-18(30-3)11-7-15/h4-11H,12-14H2,1-3H3,(H,24,25,28).